The van der Waals surface area contributed by atoms with Crippen LogP contribution in [0.1, 0.15) is 31.2 Å². The number of benzene rings is 1. The Morgan fingerprint density at radius 3 is 2.43 bits per heavy atom. The van der Waals surface area contributed by atoms with Crippen LogP contribution in [0.2, 0.25) is 5.02 Å². The second-order valence-corrected chi connectivity index (χ2v) is 7.93. The highest BCUT2D eigenvalue weighted by atomic mass is 35.5. The van der Waals surface area contributed by atoms with Crippen LogP contribution in [0.5, 0.6) is 0 Å². The molecule has 2 heterocycles. The van der Waals surface area contributed by atoms with Crippen molar-refractivity contribution in [1.82, 2.24) is 4.31 Å². The van der Waals surface area contributed by atoms with Gasteiger partial charge in [0.25, 0.3) is 0 Å². The van der Waals surface area contributed by atoms with Gasteiger partial charge in [0.1, 0.15) is 4.90 Å². The van der Waals surface area contributed by atoms with E-state index in [2.05, 4.69) is 0 Å². The Labute approximate surface area is 129 Å². The first-order chi connectivity index (χ1) is 9.93. The fraction of sp³-hybridized carbons (Fsp3) is 0.500. The normalized spacial score (nSPS) is 29.3. The van der Waals surface area contributed by atoms with Crippen LogP contribution in [0.3, 0.4) is 0 Å². The lowest BCUT2D eigenvalue weighted by Crippen LogP contribution is -2.50. The van der Waals surface area contributed by atoms with Crippen molar-refractivity contribution in [1.29, 1.82) is 5.26 Å². The van der Waals surface area contributed by atoms with Gasteiger partial charge in [-0.25, -0.2) is 8.42 Å². The van der Waals surface area contributed by atoms with Crippen molar-refractivity contribution in [3.63, 3.8) is 0 Å². The highest BCUT2D eigenvalue weighted by Crippen LogP contribution is 2.40. The molecule has 0 aromatic heterocycles. The third-order valence-corrected chi connectivity index (χ3v) is 6.81. The van der Waals surface area contributed by atoms with Gasteiger partial charge in [-0.1, -0.05) is 11.6 Å². The summed E-state index contributed by atoms with van der Waals surface area (Å²) in [7, 11) is -3.64. The van der Waals surface area contributed by atoms with Crippen LogP contribution in [0.15, 0.2) is 23.1 Å². The summed E-state index contributed by atoms with van der Waals surface area (Å²) in [6.45, 7) is 0. The summed E-state index contributed by atoms with van der Waals surface area (Å²) in [5, 5.41) is 8.95. The molecule has 0 spiro atoms. The summed E-state index contributed by atoms with van der Waals surface area (Å²) < 4.78 is 27.4. The van der Waals surface area contributed by atoms with Crippen molar-refractivity contribution < 1.29 is 8.42 Å². The van der Waals surface area contributed by atoms with E-state index < -0.39 is 10.0 Å². The van der Waals surface area contributed by atoms with E-state index in [0.29, 0.717) is 18.4 Å². The van der Waals surface area contributed by atoms with E-state index >= 15 is 0 Å². The maximum atomic E-state index is 12.9. The largest absolute Gasteiger partial charge is 0.328 e. The number of nitrogens with two attached hydrogens (primary N) is 1. The lowest BCUT2D eigenvalue weighted by Gasteiger charge is -2.36. The van der Waals surface area contributed by atoms with Crippen molar-refractivity contribution in [3.05, 3.63) is 28.8 Å². The van der Waals surface area contributed by atoms with E-state index in [0.717, 1.165) is 12.8 Å². The number of fused-ring (bicyclic) bond motifs is 2. The maximum absolute atomic E-state index is 12.9. The number of rotatable bonds is 2. The van der Waals surface area contributed by atoms with Crippen LogP contribution in [-0.2, 0) is 10.0 Å². The molecule has 2 saturated heterocycles. The minimum absolute atomic E-state index is 0.0320. The van der Waals surface area contributed by atoms with E-state index in [9.17, 15) is 8.42 Å². The first kappa shape index (κ1) is 14.8. The van der Waals surface area contributed by atoms with Crippen molar-refractivity contribution >= 4 is 21.6 Å². The minimum atomic E-state index is -3.64. The topological polar surface area (TPSA) is 87.2 Å². The molecule has 2 fully saturated rings. The Bertz CT molecular complexity index is 699. The van der Waals surface area contributed by atoms with Crippen LogP contribution in [-0.4, -0.2) is 30.8 Å². The van der Waals surface area contributed by atoms with Gasteiger partial charge in [0.2, 0.25) is 10.0 Å². The molecule has 2 aliphatic rings. The molecule has 21 heavy (non-hydrogen) atoms. The Balaban J connectivity index is 2.00. The molecule has 0 saturated carbocycles. The minimum Gasteiger partial charge on any atom is -0.328 e. The van der Waals surface area contributed by atoms with Crippen LogP contribution >= 0.6 is 11.6 Å². The van der Waals surface area contributed by atoms with Crippen LogP contribution < -0.4 is 5.73 Å². The Morgan fingerprint density at radius 2 is 1.90 bits per heavy atom. The van der Waals surface area contributed by atoms with Gasteiger partial charge in [-0.15, -0.1) is 0 Å². The quantitative estimate of drug-likeness (QED) is 0.899. The summed E-state index contributed by atoms with van der Waals surface area (Å²) in [5.74, 6) is 0. The lowest BCUT2D eigenvalue weighted by molar-refractivity contribution is 0.227. The second kappa shape index (κ2) is 5.25. The molecule has 0 radical (unpaired) electrons. The fourth-order valence-corrected chi connectivity index (χ4v) is 5.88. The van der Waals surface area contributed by atoms with E-state index in [4.69, 9.17) is 22.6 Å². The average Bonchev–Trinajstić information content (AvgIpc) is 2.72. The summed E-state index contributed by atoms with van der Waals surface area (Å²) in [6, 6.07) is 6.26. The third kappa shape index (κ3) is 2.44. The number of halogens is 1. The maximum Gasteiger partial charge on any atom is 0.245 e. The molecule has 112 valence electrons. The van der Waals surface area contributed by atoms with E-state index in [1.165, 1.54) is 18.2 Å². The van der Waals surface area contributed by atoms with Crippen molar-refractivity contribution in [2.24, 2.45) is 5.73 Å². The number of hydrogen-bond acceptors (Lipinski definition) is 4. The lowest BCUT2D eigenvalue weighted by atomic mass is 10.0. The summed E-state index contributed by atoms with van der Waals surface area (Å²) >= 11 is 6.07. The molecule has 7 heteroatoms. The van der Waals surface area contributed by atoms with Gasteiger partial charge in [0.05, 0.1) is 16.7 Å². The Hall–Kier alpha value is -1.13. The second-order valence-electron chi connectivity index (χ2n) is 5.71. The van der Waals surface area contributed by atoms with Gasteiger partial charge in [0.15, 0.2) is 0 Å². The average molecular weight is 326 g/mol. The predicted molar refractivity (Wildman–Crippen MR) is 79.2 cm³/mol. The standard InChI is InChI=1S/C14H16ClN3O2S/c15-13-5-9(8-16)1-4-14(13)21(19,20)18-11-2-3-12(18)7-10(17)6-11/h1,4-5,10-12H,2-3,6-7,17H2. The summed E-state index contributed by atoms with van der Waals surface area (Å²) in [5.41, 5.74) is 6.33. The zero-order valence-corrected chi connectivity index (χ0v) is 12.9. The molecule has 2 atom stereocenters. The Morgan fingerprint density at radius 1 is 1.29 bits per heavy atom. The first-order valence-corrected chi connectivity index (χ1v) is 8.74. The molecular weight excluding hydrogens is 310 g/mol. The van der Waals surface area contributed by atoms with Crippen molar-refractivity contribution in [2.75, 3.05) is 0 Å². The van der Waals surface area contributed by atoms with Crippen LogP contribution in [0.4, 0.5) is 0 Å². The SMILES string of the molecule is N#Cc1ccc(S(=O)(=O)N2C3CCC2CC(N)C3)c(Cl)c1. The number of hydrogen-bond donors (Lipinski definition) is 1. The highest BCUT2D eigenvalue weighted by molar-refractivity contribution is 7.89. The van der Waals surface area contributed by atoms with Crippen molar-refractivity contribution in [2.45, 2.75) is 48.7 Å². The summed E-state index contributed by atoms with van der Waals surface area (Å²) in [4.78, 5) is 0.0792. The van der Waals surface area contributed by atoms with Gasteiger partial charge >= 0.3 is 0 Å². The molecule has 1 aromatic rings. The molecule has 0 aliphatic carbocycles. The van der Waals surface area contributed by atoms with Crippen LogP contribution in [0, 0.1) is 11.3 Å². The van der Waals surface area contributed by atoms with E-state index in [1.54, 1.807) is 4.31 Å². The molecule has 2 unspecified atom stereocenters. The fourth-order valence-electron chi connectivity index (χ4n) is 3.46. The molecule has 2 N–H and O–H groups in total. The van der Waals surface area contributed by atoms with Gasteiger partial charge in [-0.2, -0.15) is 9.57 Å². The van der Waals surface area contributed by atoms with Gasteiger partial charge in [-0.05, 0) is 43.9 Å². The zero-order valence-electron chi connectivity index (χ0n) is 11.4. The number of piperidine rings is 1. The highest BCUT2D eigenvalue weighted by Gasteiger charge is 2.46. The molecule has 0 amide bonds. The molecule has 3 rings (SSSR count). The third-order valence-electron chi connectivity index (χ3n) is 4.32. The van der Waals surface area contributed by atoms with Gasteiger partial charge in [0, 0.05) is 18.1 Å². The molecule has 2 aliphatic heterocycles. The first-order valence-electron chi connectivity index (χ1n) is 6.92. The van der Waals surface area contributed by atoms with Gasteiger partial charge in [-0.3, -0.25) is 0 Å². The van der Waals surface area contributed by atoms with Crippen LogP contribution in [0.25, 0.3) is 0 Å². The monoisotopic (exact) mass is 325 g/mol. The smallest absolute Gasteiger partial charge is 0.245 e. The Kier molecular flexibility index (Phi) is 3.70. The van der Waals surface area contributed by atoms with Gasteiger partial charge < -0.3 is 5.73 Å². The number of nitrogens with zero attached hydrogens (tertiary/aromatic N) is 2. The number of nitriles is 1. The number of sulfonamides is 1. The van der Waals surface area contributed by atoms with E-state index in [-0.39, 0.29) is 28.0 Å². The molecule has 1 aromatic carbocycles. The predicted octanol–water partition coefficient (Wildman–Crippen LogP) is 1.85. The van der Waals surface area contributed by atoms with E-state index in [1.807, 2.05) is 6.07 Å². The van der Waals surface area contributed by atoms with Crippen molar-refractivity contribution in [3.8, 4) is 6.07 Å². The molecule has 5 nitrogen and oxygen atoms in total. The molecule has 2 bridgehead atoms. The molecular formula is C14H16ClN3O2S. The summed E-state index contributed by atoms with van der Waals surface area (Å²) in [6.07, 6.45) is 3.10. The zero-order chi connectivity index (χ0) is 15.2.